The maximum Gasteiger partial charge on any atom is 0.241 e. The van der Waals surface area contributed by atoms with Crippen LogP contribution in [0.2, 0.25) is 0 Å². The molecule has 0 aliphatic carbocycles. The van der Waals surface area contributed by atoms with E-state index in [2.05, 4.69) is 51.7 Å². The van der Waals surface area contributed by atoms with E-state index in [4.69, 9.17) is 0 Å². The lowest BCUT2D eigenvalue weighted by Gasteiger charge is -2.32. The van der Waals surface area contributed by atoms with E-state index in [1.54, 1.807) is 19.0 Å². The minimum atomic E-state index is 0. The minimum Gasteiger partial charge on any atom is -0.372 e. The van der Waals surface area contributed by atoms with Gasteiger partial charge in [0.25, 0.3) is 0 Å². The van der Waals surface area contributed by atoms with Crippen molar-refractivity contribution in [3.05, 3.63) is 29.8 Å². The molecule has 0 saturated carbocycles. The topological polar surface area (TPSA) is 60.0 Å². The van der Waals surface area contributed by atoms with Crippen LogP contribution in [-0.2, 0) is 11.3 Å². The maximum atomic E-state index is 11.7. The molecule has 0 atom stereocenters. The highest BCUT2D eigenvalue weighted by Gasteiger charge is 2.15. The molecule has 0 spiro atoms. The second-order valence-corrected chi connectivity index (χ2v) is 7.17. The first-order valence-electron chi connectivity index (χ1n) is 9.55. The summed E-state index contributed by atoms with van der Waals surface area (Å²) >= 11 is 0. The standard InChI is InChI=1S/C20H33N5O.HI/c1-5-21-20(23-15-19(26)24(3)4)22-14-17-6-8-18(9-7-17)25-12-10-16(2)11-13-25;/h6-9,16H,5,10-15H2,1-4H3,(H2,21,22,23);1H. The van der Waals surface area contributed by atoms with Gasteiger partial charge in [-0.05, 0) is 43.4 Å². The van der Waals surface area contributed by atoms with Gasteiger partial charge in [-0.3, -0.25) is 4.79 Å². The monoisotopic (exact) mass is 487 g/mol. The predicted molar refractivity (Wildman–Crippen MR) is 124 cm³/mol. The van der Waals surface area contributed by atoms with E-state index >= 15 is 0 Å². The molecule has 1 aromatic rings. The number of hydrogen-bond acceptors (Lipinski definition) is 3. The molecule has 0 unspecified atom stereocenters. The van der Waals surface area contributed by atoms with Crippen LogP contribution in [0.15, 0.2) is 29.3 Å². The minimum absolute atomic E-state index is 0. The van der Waals surface area contributed by atoms with E-state index in [1.807, 2.05) is 6.92 Å². The average molecular weight is 487 g/mol. The van der Waals surface area contributed by atoms with Gasteiger partial charge in [0.15, 0.2) is 5.96 Å². The quantitative estimate of drug-likeness (QED) is 0.368. The van der Waals surface area contributed by atoms with Crippen LogP contribution in [0.1, 0.15) is 32.3 Å². The van der Waals surface area contributed by atoms with Crippen molar-refractivity contribution in [2.75, 3.05) is 45.2 Å². The zero-order valence-corrected chi connectivity index (χ0v) is 19.3. The van der Waals surface area contributed by atoms with Crippen molar-refractivity contribution < 1.29 is 4.79 Å². The van der Waals surface area contributed by atoms with Gasteiger partial charge in [0.05, 0.1) is 13.1 Å². The number of amides is 1. The van der Waals surface area contributed by atoms with E-state index in [0.717, 1.165) is 31.1 Å². The molecule has 1 aliphatic heterocycles. The SMILES string of the molecule is CCNC(=NCc1ccc(N2CCC(C)CC2)cc1)NCC(=O)N(C)C.I. The average Bonchev–Trinajstić information content (AvgIpc) is 2.64. The van der Waals surface area contributed by atoms with Gasteiger partial charge in [-0.2, -0.15) is 0 Å². The van der Waals surface area contributed by atoms with Crippen LogP contribution in [0.4, 0.5) is 5.69 Å². The summed E-state index contributed by atoms with van der Waals surface area (Å²) in [6.45, 7) is 8.22. The van der Waals surface area contributed by atoms with Crippen molar-refractivity contribution in [1.29, 1.82) is 0 Å². The zero-order valence-electron chi connectivity index (χ0n) is 17.0. The summed E-state index contributed by atoms with van der Waals surface area (Å²) in [6, 6.07) is 8.67. The predicted octanol–water partition coefficient (Wildman–Crippen LogP) is 2.68. The van der Waals surface area contributed by atoms with Crippen molar-refractivity contribution in [3.63, 3.8) is 0 Å². The third kappa shape index (κ3) is 7.94. The Labute approximate surface area is 180 Å². The van der Waals surface area contributed by atoms with Crippen LogP contribution < -0.4 is 15.5 Å². The molecule has 27 heavy (non-hydrogen) atoms. The Morgan fingerprint density at radius 1 is 1.19 bits per heavy atom. The molecule has 1 fully saturated rings. The fourth-order valence-corrected chi connectivity index (χ4v) is 2.91. The molecular formula is C20H34IN5O. The molecule has 2 rings (SSSR count). The van der Waals surface area contributed by atoms with Crippen molar-refractivity contribution in [1.82, 2.24) is 15.5 Å². The Kier molecular flexibility index (Phi) is 10.5. The van der Waals surface area contributed by atoms with Crippen LogP contribution in [0, 0.1) is 5.92 Å². The summed E-state index contributed by atoms with van der Waals surface area (Å²) in [5, 5.41) is 6.25. The number of benzene rings is 1. The Balaban J connectivity index is 0.00000364. The largest absolute Gasteiger partial charge is 0.372 e. The molecule has 6 nitrogen and oxygen atoms in total. The molecule has 1 heterocycles. The Hall–Kier alpha value is -1.51. The van der Waals surface area contributed by atoms with E-state index in [0.29, 0.717) is 12.5 Å². The summed E-state index contributed by atoms with van der Waals surface area (Å²) in [6.07, 6.45) is 2.55. The fourth-order valence-electron chi connectivity index (χ4n) is 2.91. The van der Waals surface area contributed by atoms with E-state index < -0.39 is 0 Å². The number of nitrogens with one attached hydrogen (secondary N) is 2. The normalized spacial score (nSPS) is 15.1. The first-order valence-corrected chi connectivity index (χ1v) is 9.55. The number of guanidine groups is 1. The number of likely N-dealkylation sites (N-methyl/N-ethyl adjacent to an activating group) is 1. The number of rotatable bonds is 6. The third-order valence-corrected chi connectivity index (χ3v) is 4.75. The van der Waals surface area contributed by atoms with Crippen molar-refractivity contribution in [2.24, 2.45) is 10.9 Å². The van der Waals surface area contributed by atoms with Gasteiger partial charge in [-0.1, -0.05) is 19.1 Å². The van der Waals surface area contributed by atoms with Gasteiger partial charge in [-0.15, -0.1) is 24.0 Å². The van der Waals surface area contributed by atoms with Crippen LogP contribution in [0.25, 0.3) is 0 Å². The highest BCUT2D eigenvalue weighted by Crippen LogP contribution is 2.23. The number of hydrogen-bond donors (Lipinski definition) is 2. The number of piperidine rings is 1. The first kappa shape index (κ1) is 23.5. The number of nitrogens with zero attached hydrogens (tertiary/aromatic N) is 3. The molecule has 1 aromatic carbocycles. The number of carbonyl (C=O) groups excluding carboxylic acids is 1. The molecule has 7 heteroatoms. The number of anilines is 1. The summed E-state index contributed by atoms with van der Waals surface area (Å²) in [7, 11) is 3.50. The molecule has 1 amide bonds. The van der Waals surface area contributed by atoms with Gasteiger partial charge in [0, 0.05) is 39.4 Å². The summed E-state index contributed by atoms with van der Waals surface area (Å²) in [5.74, 6) is 1.53. The second-order valence-electron chi connectivity index (χ2n) is 7.17. The molecule has 0 radical (unpaired) electrons. The van der Waals surface area contributed by atoms with Gasteiger partial charge in [0.1, 0.15) is 0 Å². The number of carbonyl (C=O) groups is 1. The smallest absolute Gasteiger partial charge is 0.241 e. The molecule has 152 valence electrons. The first-order chi connectivity index (χ1) is 12.5. The lowest BCUT2D eigenvalue weighted by Crippen LogP contribution is -2.42. The molecule has 0 aromatic heterocycles. The fraction of sp³-hybridized carbons (Fsp3) is 0.600. The lowest BCUT2D eigenvalue weighted by atomic mass is 9.99. The lowest BCUT2D eigenvalue weighted by molar-refractivity contribution is -0.127. The van der Waals surface area contributed by atoms with Crippen LogP contribution >= 0.6 is 24.0 Å². The molecule has 0 bridgehead atoms. The highest BCUT2D eigenvalue weighted by atomic mass is 127. The molecule has 1 aliphatic rings. The highest BCUT2D eigenvalue weighted by molar-refractivity contribution is 14.0. The number of aliphatic imine (C=N–C) groups is 1. The second kappa shape index (κ2) is 12.0. The zero-order chi connectivity index (χ0) is 18.9. The van der Waals surface area contributed by atoms with Crippen molar-refractivity contribution in [3.8, 4) is 0 Å². The van der Waals surface area contributed by atoms with E-state index in [9.17, 15) is 4.79 Å². The van der Waals surface area contributed by atoms with E-state index in [1.165, 1.54) is 18.5 Å². The number of halogens is 1. The Morgan fingerprint density at radius 2 is 1.81 bits per heavy atom. The van der Waals surface area contributed by atoms with Gasteiger partial charge >= 0.3 is 0 Å². The Morgan fingerprint density at radius 3 is 2.37 bits per heavy atom. The van der Waals surface area contributed by atoms with Crippen LogP contribution in [0.3, 0.4) is 0 Å². The van der Waals surface area contributed by atoms with Gasteiger partial charge < -0.3 is 20.4 Å². The van der Waals surface area contributed by atoms with Gasteiger partial charge in [0.2, 0.25) is 5.91 Å². The summed E-state index contributed by atoms with van der Waals surface area (Å²) in [5.41, 5.74) is 2.46. The third-order valence-electron chi connectivity index (χ3n) is 4.75. The van der Waals surface area contributed by atoms with Crippen LogP contribution in [-0.4, -0.2) is 57.0 Å². The van der Waals surface area contributed by atoms with Crippen molar-refractivity contribution in [2.45, 2.75) is 33.2 Å². The maximum absolute atomic E-state index is 11.7. The Bertz CT molecular complexity index is 595. The molecular weight excluding hydrogens is 453 g/mol. The summed E-state index contributed by atoms with van der Waals surface area (Å²) < 4.78 is 0. The van der Waals surface area contributed by atoms with E-state index in [-0.39, 0.29) is 36.4 Å². The summed E-state index contributed by atoms with van der Waals surface area (Å²) in [4.78, 5) is 20.3. The van der Waals surface area contributed by atoms with Gasteiger partial charge in [-0.25, -0.2) is 4.99 Å². The van der Waals surface area contributed by atoms with Crippen molar-refractivity contribution >= 4 is 41.5 Å². The molecule has 1 saturated heterocycles. The molecule has 2 N–H and O–H groups in total. The van der Waals surface area contributed by atoms with Crippen LogP contribution in [0.5, 0.6) is 0 Å².